The zero-order valence-corrected chi connectivity index (χ0v) is 11.0. The molecule has 0 saturated carbocycles. The first-order valence-corrected chi connectivity index (χ1v) is 6.40. The molecule has 2 aromatic rings. The summed E-state index contributed by atoms with van der Waals surface area (Å²) < 4.78 is 10.8. The summed E-state index contributed by atoms with van der Waals surface area (Å²) in [6, 6.07) is 6.62. The zero-order chi connectivity index (χ0) is 15.4. The highest BCUT2D eigenvalue weighted by Crippen LogP contribution is 2.44. The Kier molecular flexibility index (Phi) is 2.33. The normalized spacial score (nSPS) is 14.5. The second kappa shape index (κ2) is 4.11. The van der Waals surface area contributed by atoms with Crippen LogP contribution in [0.1, 0.15) is 11.1 Å². The highest BCUT2D eigenvalue weighted by atomic mass is 16.5. The van der Waals surface area contributed by atoms with Crippen LogP contribution in [0.3, 0.4) is 0 Å². The van der Waals surface area contributed by atoms with E-state index in [2.05, 4.69) is 0 Å². The Hall–Kier alpha value is -3.28. The Balaban J connectivity index is 2.04. The maximum absolute atomic E-state index is 11.1. The standard InChI is InChI=1S/C16H8O6/c17-15(18)11-5-7-1-3-9-14-8(6-12(21-9)16(19)20)2-4-10(22-11)13(7)14/h1-6H,(H,17,18)(H,19,20). The van der Waals surface area contributed by atoms with Crippen LogP contribution in [0.5, 0.6) is 11.5 Å². The van der Waals surface area contributed by atoms with Gasteiger partial charge in [0.15, 0.2) is 0 Å². The summed E-state index contributed by atoms with van der Waals surface area (Å²) in [4.78, 5) is 22.2. The van der Waals surface area contributed by atoms with E-state index in [4.69, 9.17) is 19.7 Å². The molecule has 0 amide bonds. The number of carboxylic acids is 2. The minimum Gasteiger partial charge on any atom is -0.475 e. The fraction of sp³-hybridized carbons (Fsp3) is 0. The summed E-state index contributed by atoms with van der Waals surface area (Å²) in [6.45, 7) is 0. The fourth-order valence-electron chi connectivity index (χ4n) is 2.68. The minimum absolute atomic E-state index is 0.158. The van der Waals surface area contributed by atoms with Gasteiger partial charge in [0.1, 0.15) is 11.5 Å². The maximum Gasteiger partial charge on any atom is 0.371 e. The number of ether oxygens (including phenoxy) is 2. The molecule has 0 aromatic heterocycles. The van der Waals surface area contributed by atoms with Crippen LogP contribution in [0, 0.1) is 0 Å². The van der Waals surface area contributed by atoms with Crippen LogP contribution < -0.4 is 9.47 Å². The van der Waals surface area contributed by atoms with E-state index in [1.807, 2.05) is 0 Å². The minimum atomic E-state index is -1.15. The molecule has 2 aromatic carbocycles. The Labute approximate surface area is 123 Å². The van der Waals surface area contributed by atoms with Crippen LogP contribution in [0.25, 0.3) is 22.9 Å². The summed E-state index contributed by atoms with van der Waals surface area (Å²) in [5.41, 5.74) is 1.38. The van der Waals surface area contributed by atoms with Gasteiger partial charge in [0, 0.05) is 10.8 Å². The lowest BCUT2D eigenvalue weighted by atomic mass is 9.95. The number of carbonyl (C=O) groups is 2. The van der Waals surface area contributed by atoms with Crippen molar-refractivity contribution in [2.45, 2.75) is 0 Å². The Morgan fingerprint density at radius 1 is 0.727 bits per heavy atom. The van der Waals surface area contributed by atoms with Crippen molar-refractivity contribution in [3.63, 3.8) is 0 Å². The van der Waals surface area contributed by atoms with Crippen LogP contribution >= 0.6 is 0 Å². The van der Waals surface area contributed by atoms with E-state index in [1.165, 1.54) is 12.2 Å². The molecule has 0 atom stereocenters. The molecule has 0 fully saturated rings. The second-order valence-corrected chi connectivity index (χ2v) is 4.89. The highest BCUT2D eigenvalue weighted by molar-refractivity contribution is 6.09. The van der Waals surface area contributed by atoms with E-state index in [0.717, 1.165) is 0 Å². The van der Waals surface area contributed by atoms with Crippen molar-refractivity contribution in [2.75, 3.05) is 0 Å². The first kappa shape index (κ1) is 12.5. The van der Waals surface area contributed by atoms with Crippen molar-refractivity contribution in [1.29, 1.82) is 0 Å². The van der Waals surface area contributed by atoms with Crippen molar-refractivity contribution in [3.8, 4) is 11.5 Å². The average molecular weight is 296 g/mol. The molecule has 2 N–H and O–H groups in total. The lowest BCUT2D eigenvalue weighted by Gasteiger charge is -2.22. The second-order valence-electron chi connectivity index (χ2n) is 4.89. The first-order chi connectivity index (χ1) is 10.5. The number of carboxylic acid groups (broad SMARTS) is 2. The summed E-state index contributed by atoms with van der Waals surface area (Å²) in [7, 11) is 0. The predicted octanol–water partition coefficient (Wildman–Crippen LogP) is 2.48. The van der Waals surface area contributed by atoms with Gasteiger partial charge in [-0.1, -0.05) is 12.1 Å². The Morgan fingerprint density at radius 3 is 1.50 bits per heavy atom. The van der Waals surface area contributed by atoms with Crippen LogP contribution in [-0.2, 0) is 9.59 Å². The number of hydrogen-bond acceptors (Lipinski definition) is 4. The third-order valence-electron chi connectivity index (χ3n) is 3.58. The highest BCUT2D eigenvalue weighted by Gasteiger charge is 2.26. The molecule has 22 heavy (non-hydrogen) atoms. The van der Waals surface area contributed by atoms with E-state index in [-0.39, 0.29) is 11.5 Å². The topological polar surface area (TPSA) is 93.1 Å². The summed E-state index contributed by atoms with van der Waals surface area (Å²) in [5.74, 6) is -1.80. The SMILES string of the molecule is O=C(O)C1=Cc2ccc3c4c(ccc(c24)O1)C=C(C(=O)O)O3. The van der Waals surface area contributed by atoms with Gasteiger partial charge in [0.25, 0.3) is 0 Å². The molecular weight excluding hydrogens is 288 g/mol. The summed E-state index contributed by atoms with van der Waals surface area (Å²) in [6.07, 6.45) is 2.88. The maximum atomic E-state index is 11.1. The van der Waals surface area contributed by atoms with Crippen LogP contribution in [0.4, 0.5) is 0 Å². The Bertz CT molecular complexity index is 858. The lowest BCUT2D eigenvalue weighted by Crippen LogP contribution is -2.13. The van der Waals surface area contributed by atoms with E-state index < -0.39 is 11.9 Å². The smallest absolute Gasteiger partial charge is 0.371 e. The van der Waals surface area contributed by atoms with Crippen molar-refractivity contribution >= 4 is 34.9 Å². The van der Waals surface area contributed by atoms with Gasteiger partial charge in [-0.2, -0.15) is 0 Å². The van der Waals surface area contributed by atoms with Gasteiger partial charge in [-0.05, 0) is 35.4 Å². The predicted molar refractivity (Wildman–Crippen MR) is 76.4 cm³/mol. The molecule has 0 aliphatic carbocycles. The molecule has 2 heterocycles. The first-order valence-electron chi connectivity index (χ1n) is 6.40. The fourth-order valence-corrected chi connectivity index (χ4v) is 2.68. The van der Waals surface area contributed by atoms with E-state index in [9.17, 15) is 9.59 Å². The van der Waals surface area contributed by atoms with Crippen molar-refractivity contribution in [1.82, 2.24) is 0 Å². The van der Waals surface area contributed by atoms with Crippen molar-refractivity contribution in [3.05, 3.63) is 46.9 Å². The number of benzene rings is 2. The molecular formula is C16H8O6. The van der Waals surface area contributed by atoms with Gasteiger partial charge >= 0.3 is 11.9 Å². The number of aliphatic carboxylic acids is 2. The molecule has 0 bridgehead atoms. The number of hydrogen-bond donors (Lipinski definition) is 2. The quantitative estimate of drug-likeness (QED) is 0.884. The van der Waals surface area contributed by atoms with Crippen molar-refractivity contribution < 1.29 is 29.3 Å². The number of rotatable bonds is 2. The molecule has 0 unspecified atom stereocenters. The van der Waals surface area contributed by atoms with Gasteiger partial charge in [0.2, 0.25) is 11.5 Å². The largest absolute Gasteiger partial charge is 0.475 e. The van der Waals surface area contributed by atoms with Gasteiger partial charge in [-0.15, -0.1) is 0 Å². The monoisotopic (exact) mass is 296 g/mol. The lowest BCUT2D eigenvalue weighted by molar-refractivity contribution is -0.135. The third-order valence-corrected chi connectivity index (χ3v) is 3.58. The molecule has 0 spiro atoms. The average Bonchev–Trinajstić information content (AvgIpc) is 2.51. The van der Waals surface area contributed by atoms with E-state index in [1.54, 1.807) is 24.3 Å². The van der Waals surface area contributed by atoms with Crippen LogP contribution in [-0.4, -0.2) is 22.2 Å². The molecule has 0 radical (unpaired) electrons. The van der Waals surface area contributed by atoms with E-state index in [0.29, 0.717) is 33.4 Å². The van der Waals surface area contributed by atoms with Gasteiger partial charge in [-0.25, -0.2) is 9.59 Å². The van der Waals surface area contributed by atoms with Crippen LogP contribution in [0.15, 0.2) is 35.8 Å². The van der Waals surface area contributed by atoms with Gasteiger partial charge in [-0.3, -0.25) is 0 Å². The zero-order valence-electron chi connectivity index (χ0n) is 11.0. The molecule has 4 rings (SSSR count). The van der Waals surface area contributed by atoms with Crippen LogP contribution in [0.2, 0.25) is 0 Å². The van der Waals surface area contributed by atoms with Gasteiger partial charge < -0.3 is 19.7 Å². The van der Waals surface area contributed by atoms with Crippen molar-refractivity contribution in [2.24, 2.45) is 0 Å². The molecule has 2 aliphatic rings. The van der Waals surface area contributed by atoms with Gasteiger partial charge in [0.05, 0.1) is 0 Å². The molecule has 0 saturated heterocycles. The van der Waals surface area contributed by atoms with E-state index >= 15 is 0 Å². The third kappa shape index (κ3) is 1.61. The summed E-state index contributed by atoms with van der Waals surface area (Å²) in [5, 5.41) is 19.6. The molecule has 2 aliphatic heterocycles. The molecule has 108 valence electrons. The summed E-state index contributed by atoms with van der Waals surface area (Å²) >= 11 is 0. The molecule has 6 nitrogen and oxygen atoms in total. The molecule has 6 heteroatoms. The Morgan fingerprint density at radius 2 is 1.14 bits per heavy atom.